The van der Waals surface area contributed by atoms with Crippen molar-refractivity contribution >= 4 is 23.6 Å². The van der Waals surface area contributed by atoms with Crippen molar-refractivity contribution < 1.29 is 14.7 Å². The highest BCUT2D eigenvalue weighted by Gasteiger charge is 2.31. The van der Waals surface area contributed by atoms with Gasteiger partial charge in [0.1, 0.15) is 0 Å². The molecule has 1 saturated carbocycles. The van der Waals surface area contributed by atoms with Gasteiger partial charge in [-0.25, -0.2) is 0 Å². The third kappa shape index (κ3) is 4.52. The van der Waals surface area contributed by atoms with Crippen LogP contribution in [-0.4, -0.2) is 34.5 Å². The summed E-state index contributed by atoms with van der Waals surface area (Å²) in [5.41, 5.74) is -0.986. The summed E-state index contributed by atoms with van der Waals surface area (Å²) in [7, 11) is 0. The number of amides is 1. The molecule has 1 aliphatic rings. The van der Waals surface area contributed by atoms with Gasteiger partial charge in [0.15, 0.2) is 0 Å². The molecule has 0 unspecified atom stereocenters. The lowest BCUT2D eigenvalue weighted by Crippen LogP contribution is -2.41. The van der Waals surface area contributed by atoms with Gasteiger partial charge in [0.25, 0.3) is 0 Å². The van der Waals surface area contributed by atoms with Gasteiger partial charge in [-0.05, 0) is 45.8 Å². The van der Waals surface area contributed by atoms with Crippen LogP contribution in [0.4, 0.5) is 0 Å². The van der Waals surface area contributed by atoms with E-state index in [1.807, 2.05) is 11.8 Å². The van der Waals surface area contributed by atoms with Crippen LogP contribution in [0, 0.1) is 5.41 Å². The van der Waals surface area contributed by atoms with E-state index in [0.29, 0.717) is 5.25 Å². The zero-order valence-electron chi connectivity index (χ0n) is 11.4. The van der Waals surface area contributed by atoms with Crippen molar-refractivity contribution in [3.63, 3.8) is 0 Å². The Bertz CT molecular complexity index is 309. The van der Waals surface area contributed by atoms with Crippen LogP contribution in [0.5, 0.6) is 0 Å². The topological polar surface area (TPSA) is 66.4 Å². The van der Waals surface area contributed by atoms with Crippen LogP contribution in [0.3, 0.4) is 0 Å². The Morgan fingerprint density at radius 2 is 1.83 bits per heavy atom. The lowest BCUT2D eigenvalue weighted by molar-refractivity contribution is -0.149. The van der Waals surface area contributed by atoms with Crippen LogP contribution in [0.2, 0.25) is 0 Å². The van der Waals surface area contributed by atoms with E-state index in [2.05, 4.69) is 11.6 Å². The molecule has 4 nitrogen and oxygen atoms in total. The molecule has 1 rings (SSSR count). The molecule has 18 heavy (non-hydrogen) atoms. The minimum Gasteiger partial charge on any atom is -0.481 e. The standard InChI is InChI=1S/C13H23NO3S/c1-13(2,12(16)17)8-11(15)14-9-4-6-10(18-3)7-5-9/h9-10H,4-8H2,1-3H3,(H,14,15)(H,16,17). The fourth-order valence-electron chi connectivity index (χ4n) is 2.20. The average molecular weight is 273 g/mol. The highest BCUT2D eigenvalue weighted by Crippen LogP contribution is 2.27. The zero-order chi connectivity index (χ0) is 13.8. The van der Waals surface area contributed by atoms with E-state index in [1.54, 1.807) is 13.8 Å². The van der Waals surface area contributed by atoms with Crippen LogP contribution in [0.25, 0.3) is 0 Å². The maximum Gasteiger partial charge on any atom is 0.309 e. The van der Waals surface area contributed by atoms with Gasteiger partial charge in [-0.2, -0.15) is 11.8 Å². The second kappa shape index (κ2) is 6.45. The van der Waals surface area contributed by atoms with Gasteiger partial charge in [-0.15, -0.1) is 0 Å². The smallest absolute Gasteiger partial charge is 0.309 e. The molecule has 0 aromatic rings. The van der Waals surface area contributed by atoms with Crippen molar-refractivity contribution in [1.29, 1.82) is 0 Å². The summed E-state index contributed by atoms with van der Waals surface area (Å²) in [6.07, 6.45) is 6.45. The Balaban J connectivity index is 2.35. The number of nitrogens with one attached hydrogen (secondary N) is 1. The van der Waals surface area contributed by atoms with Gasteiger partial charge in [-0.3, -0.25) is 9.59 Å². The summed E-state index contributed by atoms with van der Waals surface area (Å²) < 4.78 is 0. The first-order valence-corrected chi connectivity index (χ1v) is 7.69. The van der Waals surface area contributed by atoms with E-state index in [4.69, 9.17) is 5.11 Å². The van der Waals surface area contributed by atoms with E-state index in [1.165, 1.54) is 0 Å². The number of carbonyl (C=O) groups is 2. The number of thioether (sulfide) groups is 1. The zero-order valence-corrected chi connectivity index (χ0v) is 12.2. The van der Waals surface area contributed by atoms with Crippen LogP contribution in [0.15, 0.2) is 0 Å². The Morgan fingerprint density at radius 3 is 2.28 bits per heavy atom. The largest absolute Gasteiger partial charge is 0.481 e. The van der Waals surface area contributed by atoms with Crippen LogP contribution in [0.1, 0.15) is 46.0 Å². The molecular formula is C13H23NO3S. The van der Waals surface area contributed by atoms with E-state index in [0.717, 1.165) is 25.7 Å². The lowest BCUT2D eigenvalue weighted by atomic mass is 9.88. The normalized spacial score (nSPS) is 24.6. The second-order valence-corrected chi connectivity index (χ2v) is 6.78. The molecule has 1 amide bonds. The first-order chi connectivity index (χ1) is 8.35. The minimum absolute atomic E-state index is 0.0464. The average Bonchev–Trinajstić information content (AvgIpc) is 2.29. The summed E-state index contributed by atoms with van der Waals surface area (Å²) in [6, 6.07) is 0.227. The number of carbonyl (C=O) groups excluding carboxylic acids is 1. The predicted molar refractivity (Wildman–Crippen MR) is 73.7 cm³/mol. The van der Waals surface area contributed by atoms with Crippen molar-refractivity contribution in [2.45, 2.75) is 57.2 Å². The molecule has 0 heterocycles. The van der Waals surface area contributed by atoms with Crippen LogP contribution < -0.4 is 5.32 Å². The van der Waals surface area contributed by atoms with Gasteiger partial charge in [0.05, 0.1) is 5.41 Å². The highest BCUT2D eigenvalue weighted by atomic mass is 32.2. The van der Waals surface area contributed by atoms with E-state index >= 15 is 0 Å². The van der Waals surface area contributed by atoms with Gasteiger partial charge in [0.2, 0.25) is 5.91 Å². The van der Waals surface area contributed by atoms with Crippen LogP contribution >= 0.6 is 11.8 Å². The Labute approximate surface area is 113 Å². The molecule has 104 valence electrons. The molecule has 0 radical (unpaired) electrons. The van der Waals surface area contributed by atoms with Gasteiger partial charge in [0, 0.05) is 17.7 Å². The SMILES string of the molecule is CSC1CCC(NC(=O)CC(C)(C)C(=O)O)CC1. The fraction of sp³-hybridized carbons (Fsp3) is 0.846. The van der Waals surface area contributed by atoms with Gasteiger partial charge < -0.3 is 10.4 Å². The number of rotatable bonds is 5. The number of aliphatic carboxylic acids is 1. The molecule has 1 fully saturated rings. The van der Waals surface area contributed by atoms with Crippen molar-refractivity contribution in [2.24, 2.45) is 5.41 Å². The van der Waals surface area contributed by atoms with Crippen molar-refractivity contribution in [3.8, 4) is 0 Å². The van der Waals surface area contributed by atoms with E-state index in [9.17, 15) is 9.59 Å². The predicted octanol–water partition coefficient (Wildman–Crippen LogP) is 2.28. The van der Waals surface area contributed by atoms with Crippen molar-refractivity contribution in [2.75, 3.05) is 6.26 Å². The summed E-state index contributed by atoms with van der Waals surface area (Å²) in [5, 5.41) is 12.7. The number of carboxylic acid groups (broad SMARTS) is 1. The fourth-order valence-corrected chi connectivity index (χ4v) is 2.94. The molecule has 2 N–H and O–H groups in total. The minimum atomic E-state index is -0.986. The Morgan fingerprint density at radius 1 is 1.28 bits per heavy atom. The molecule has 0 aromatic heterocycles. The third-order valence-corrected chi connectivity index (χ3v) is 4.69. The molecule has 0 aliphatic heterocycles. The quantitative estimate of drug-likeness (QED) is 0.806. The second-order valence-electron chi connectivity index (χ2n) is 5.64. The summed E-state index contributed by atoms with van der Waals surface area (Å²) in [5.74, 6) is -1.07. The lowest BCUT2D eigenvalue weighted by Gasteiger charge is -2.29. The highest BCUT2D eigenvalue weighted by molar-refractivity contribution is 7.99. The first-order valence-electron chi connectivity index (χ1n) is 6.40. The maximum atomic E-state index is 11.8. The number of hydrogen-bond acceptors (Lipinski definition) is 3. The Kier molecular flexibility index (Phi) is 5.50. The Hall–Kier alpha value is -0.710. The maximum absolute atomic E-state index is 11.8. The summed E-state index contributed by atoms with van der Waals surface area (Å²) in [4.78, 5) is 22.8. The summed E-state index contributed by atoms with van der Waals surface area (Å²) in [6.45, 7) is 3.17. The number of carboxylic acids is 1. The molecule has 5 heteroatoms. The summed E-state index contributed by atoms with van der Waals surface area (Å²) >= 11 is 1.89. The van der Waals surface area contributed by atoms with E-state index < -0.39 is 11.4 Å². The first kappa shape index (κ1) is 15.3. The van der Waals surface area contributed by atoms with Gasteiger partial charge >= 0.3 is 5.97 Å². The van der Waals surface area contributed by atoms with Crippen LogP contribution in [-0.2, 0) is 9.59 Å². The molecule has 0 bridgehead atoms. The molecule has 0 saturated heterocycles. The van der Waals surface area contributed by atoms with Crippen molar-refractivity contribution in [3.05, 3.63) is 0 Å². The molecule has 1 aliphatic carbocycles. The molecule has 0 aromatic carbocycles. The number of hydrogen-bond donors (Lipinski definition) is 2. The third-order valence-electron chi connectivity index (χ3n) is 3.55. The van der Waals surface area contributed by atoms with Crippen molar-refractivity contribution in [1.82, 2.24) is 5.32 Å². The molecule has 0 atom stereocenters. The molecule has 0 spiro atoms. The monoisotopic (exact) mass is 273 g/mol. The molecular weight excluding hydrogens is 250 g/mol. The van der Waals surface area contributed by atoms with Gasteiger partial charge in [-0.1, -0.05) is 0 Å². The van der Waals surface area contributed by atoms with E-state index in [-0.39, 0.29) is 18.4 Å².